The van der Waals surface area contributed by atoms with Gasteiger partial charge in [-0.1, -0.05) is 76.5 Å². The van der Waals surface area contributed by atoms with Crippen LogP contribution < -0.4 is 0 Å². The molecule has 0 unspecified atom stereocenters. The average molecular weight is 417 g/mol. The second-order valence-corrected chi connectivity index (χ2v) is 7.45. The van der Waals surface area contributed by atoms with E-state index in [4.69, 9.17) is 27.7 Å². The van der Waals surface area contributed by atoms with Gasteiger partial charge < -0.3 is 4.52 Å². The Labute approximate surface area is 170 Å². The van der Waals surface area contributed by atoms with Crippen LogP contribution in [0, 0.1) is 6.92 Å². The minimum atomic E-state index is 0.477. The Kier molecular flexibility index (Phi) is 5.20. The van der Waals surface area contributed by atoms with Crippen LogP contribution in [0.2, 0.25) is 10.0 Å². The molecule has 0 amide bonds. The minimum absolute atomic E-state index is 0.477. The van der Waals surface area contributed by atoms with Crippen LogP contribution in [-0.4, -0.2) is 19.7 Å². The van der Waals surface area contributed by atoms with Gasteiger partial charge in [-0.2, -0.15) is 4.98 Å². The lowest BCUT2D eigenvalue weighted by atomic mass is 10.1. The van der Waals surface area contributed by atoms with Crippen LogP contribution in [-0.2, 0) is 5.75 Å². The number of thioether (sulfide) groups is 1. The first-order valence-electron chi connectivity index (χ1n) is 8.13. The van der Waals surface area contributed by atoms with Crippen molar-refractivity contribution in [2.45, 2.75) is 17.8 Å². The summed E-state index contributed by atoms with van der Waals surface area (Å²) in [5.74, 6) is 1.66. The largest absolute Gasteiger partial charge is 0.338 e. The Morgan fingerprint density at radius 2 is 1.89 bits per heavy atom. The van der Waals surface area contributed by atoms with Gasteiger partial charge in [0.25, 0.3) is 0 Å². The van der Waals surface area contributed by atoms with E-state index in [0.29, 0.717) is 27.5 Å². The maximum atomic E-state index is 6.51. The Hall–Kier alpha value is -2.28. The Balaban J connectivity index is 1.79. The number of hydrogen-bond acceptors (Lipinski definition) is 5. The molecule has 0 saturated carbocycles. The van der Waals surface area contributed by atoms with Gasteiger partial charge in [0.2, 0.25) is 5.89 Å². The van der Waals surface area contributed by atoms with Crippen LogP contribution >= 0.6 is 35.0 Å². The summed E-state index contributed by atoms with van der Waals surface area (Å²) in [6, 6.07) is 15.6. The summed E-state index contributed by atoms with van der Waals surface area (Å²) in [5, 5.41) is 5.55. The molecule has 0 fully saturated rings. The van der Waals surface area contributed by atoms with Crippen LogP contribution in [0.5, 0.6) is 0 Å². The minimum Gasteiger partial charge on any atom is -0.338 e. The topological polar surface area (TPSA) is 56.7 Å². The van der Waals surface area contributed by atoms with Gasteiger partial charge in [-0.15, -0.1) is 0 Å². The van der Waals surface area contributed by atoms with E-state index in [1.807, 2.05) is 53.2 Å². The van der Waals surface area contributed by atoms with E-state index < -0.39 is 0 Å². The molecule has 0 atom stereocenters. The van der Waals surface area contributed by atoms with Crippen molar-refractivity contribution in [2.75, 3.05) is 0 Å². The highest BCUT2D eigenvalue weighted by molar-refractivity contribution is 7.98. The molecular formula is C19H14Cl2N4OS. The van der Waals surface area contributed by atoms with Crippen LogP contribution in [0.4, 0.5) is 0 Å². The van der Waals surface area contributed by atoms with E-state index in [0.717, 1.165) is 22.1 Å². The van der Waals surface area contributed by atoms with Gasteiger partial charge in [0.05, 0.1) is 33.4 Å². The fourth-order valence-corrected chi connectivity index (χ4v) is 3.88. The van der Waals surface area contributed by atoms with Crippen molar-refractivity contribution in [3.8, 4) is 16.9 Å². The number of imidazole rings is 1. The molecule has 136 valence electrons. The van der Waals surface area contributed by atoms with Gasteiger partial charge >= 0.3 is 0 Å². The summed E-state index contributed by atoms with van der Waals surface area (Å²) < 4.78 is 7.20. The zero-order valence-corrected chi connectivity index (χ0v) is 16.6. The van der Waals surface area contributed by atoms with Crippen LogP contribution in [0.1, 0.15) is 11.7 Å². The fraction of sp³-hybridized carbons (Fsp3) is 0.105. The highest BCUT2D eigenvalue weighted by Gasteiger charge is 2.18. The molecule has 8 heteroatoms. The third-order valence-electron chi connectivity index (χ3n) is 3.87. The van der Waals surface area contributed by atoms with E-state index in [-0.39, 0.29) is 0 Å². The predicted octanol–water partition coefficient (Wildman–Crippen LogP) is 5.83. The summed E-state index contributed by atoms with van der Waals surface area (Å²) in [5.41, 5.74) is 2.72. The van der Waals surface area contributed by atoms with Gasteiger partial charge in [0.15, 0.2) is 11.0 Å². The number of aromatic nitrogens is 4. The highest BCUT2D eigenvalue weighted by atomic mass is 35.5. The number of aryl methyl sites for hydroxylation is 1. The standard InChI is InChI=1S/C19H14Cl2N4OS/c1-12-23-17(26-24-12)11-27-19-22-10-16(13-6-3-2-4-7-13)25(19)15-9-5-8-14(20)18(15)21/h2-10H,11H2,1H3. The smallest absolute Gasteiger partial charge is 0.237 e. The Morgan fingerprint density at radius 3 is 2.63 bits per heavy atom. The second-order valence-electron chi connectivity index (χ2n) is 5.72. The maximum absolute atomic E-state index is 6.51. The third kappa shape index (κ3) is 3.74. The van der Waals surface area contributed by atoms with Crippen molar-refractivity contribution in [1.29, 1.82) is 0 Å². The van der Waals surface area contributed by atoms with Crippen molar-refractivity contribution in [3.05, 3.63) is 76.5 Å². The Morgan fingerprint density at radius 1 is 1.07 bits per heavy atom. The van der Waals surface area contributed by atoms with Crippen LogP contribution in [0.3, 0.4) is 0 Å². The first-order chi connectivity index (χ1) is 13.1. The van der Waals surface area contributed by atoms with Gasteiger partial charge in [-0.25, -0.2) is 4.98 Å². The second kappa shape index (κ2) is 7.76. The van der Waals surface area contributed by atoms with Crippen molar-refractivity contribution in [2.24, 2.45) is 0 Å². The van der Waals surface area contributed by atoms with E-state index in [9.17, 15) is 0 Å². The predicted molar refractivity (Wildman–Crippen MR) is 108 cm³/mol. The summed E-state index contributed by atoms with van der Waals surface area (Å²) in [6.45, 7) is 1.79. The zero-order valence-electron chi connectivity index (χ0n) is 14.3. The van der Waals surface area contributed by atoms with Crippen molar-refractivity contribution in [3.63, 3.8) is 0 Å². The highest BCUT2D eigenvalue weighted by Crippen LogP contribution is 2.36. The molecule has 0 aliphatic rings. The van der Waals surface area contributed by atoms with Crippen LogP contribution in [0.15, 0.2) is 64.4 Å². The quantitative estimate of drug-likeness (QED) is 0.383. The van der Waals surface area contributed by atoms with E-state index in [2.05, 4.69) is 15.1 Å². The molecule has 0 N–H and O–H groups in total. The molecule has 2 aromatic carbocycles. The molecule has 4 aromatic rings. The molecule has 0 spiro atoms. The monoisotopic (exact) mass is 416 g/mol. The lowest BCUT2D eigenvalue weighted by molar-refractivity contribution is 0.387. The fourth-order valence-electron chi connectivity index (χ4n) is 2.67. The zero-order chi connectivity index (χ0) is 18.8. The molecule has 5 nitrogen and oxygen atoms in total. The number of rotatable bonds is 5. The summed E-state index contributed by atoms with van der Waals surface area (Å²) in [7, 11) is 0. The molecule has 2 heterocycles. The normalized spacial score (nSPS) is 11.1. The molecular weight excluding hydrogens is 403 g/mol. The van der Waals surface area contributed by atoms with Crippen molar-refractivity contribution in [1.82, 2.24) is 19.7 Å². The number of halogens is 2. The van der Waals surface area contributed by atoms with Crippen molar-refractivity contribution >= 4 is 35.0 Å². The van der Waals surface area contributed by atoms with E-state index >= 15 is 0 Å². The molecule has 0 saturated heterocycles. The molecule has 2 aromatic heterocycles. The van der Waals surface area contributed by atoms with Crippen molar-refractivity contribution < 1.29 is 4.52 Å². The summed E-state index contributed by atoms with van der Waals surface area (Å²) in [4.78, 5) is 8.84. The molecule has 0 aliphatic carbocycles. The average Bonchev–Trinajstić information content (AvgIpc) is 3.29. The summed E-state index contributed by atoms with van der Waals surface area (Å²) in [6.07, 6.45) is 1.83. The third-order valence-corrected chi connectivity index (χ3v) is 5.61. The summed E-state index contributed by atoms with van der Waals surface area (Å²) >= 11 is 14.2. The number of hydrogen-bond donors (Lipinski definition) is 0. The van der Waals surface area contributed by atoms with Gasteiger partial charge in [0, 0.05) is 5.56 Å². The molecule has 0 bridgehead atoms. The molecule has 0 radical (unpaired) electrons. The SMILES string of the molecule is Cc1noc(CSc2ncc(-c3ccccc3)n2-c2cccc(Cl)c2Cl)n1. The number of nitrogens with zero attached hydrogens (tertiary/aromatic N) is 4. The van der Waals surface area contributed by atoms with Gasteiger partial charge in [0.1, 0.15) is 0 Å². The first kappa shape index (κ1) is 18.1. The molecule has 4 rings (SSSR count). The van der Waals surface area contributed by atoms with E-state index in [1.165, 1.54) is 11.8 Å². The van der Waals surface area contributed by atoms with E-state index in [1.54, 1.807) is 13.0 Å². The van der Waals surface area contributed by atoms with Crippen LogP contribution in [0.25, 0.3) is 16.9 Å². The lowest BCUT2D eigenvalue weighted by Gasteiger charge is -2.14. The molecule has 27 heavy (non-hydrogen) atoms. The van der Waals surface area contributed by atoms with Gasteiger partial charge in [-0.3, -0.25) is 4.57 Å². The number of benzene rings is 2. The Bertz CT molecular complexity index is 1080. The first-order valence-corrected chi connectivity index (χ1v) is 9.87. The lowest BCUT2D eigenvalue weighted by Crippen LogP contribution is -2.00. The molecule has 0 aliphatic heterocycles. The van der Waals surface area contributed by atoms with Gasteiger partial charge in [-0.05, 0) is 19.1 Å². The maximum Gasteiger partial charge on any atom is 0.237 e.